The number of halogens is 3. The van der Waals surface area contributed by atoms with Crippen molar-refractivity contribution in [2.75, 3.05) is 19.1 Å². The van der Waals surface area contributed by atoms with E-state index in [0.717, 1.165) is 14.2 Å². The van der Waals surface area contributed by atoms with Gasteiger partial charge in [0, 0.05) is 19.2 Å². The summed E-state index contributed by atoms with van der Waals surface area (Å²) in [4.78, 5) is 38.2. The number of amides is 1. The number of anilines is 1. The Hall–Kier alpha value is -4.08. The smallest absolute Gasteiger partial charge is 0.378 e. The highest BCUT2D eigenvalue weighted by atomic mass is 19.1. The summed E-state index contributed by atoms with van der Waals surface area (Å²) < 4.78 is 56.5. The van der Waals surface area contributed by atoms with Gasteiger partial charge in [0.2, 0.25) is 11.2 Å². The molecule has 0 N–H and O–H groups in total. The molecule has 3 rings (SSSR count). The molecule has 0 bridgehead atoms. The molecule has 0 aliphatic heterocycles. The number of methoxy groups -OCH3 is 1. The number of benzene rings is 2. The Morgan fingerprint density at radius 3 is 2.28 bits per heavy atom. The Labute approximate surface area is 179 Å². The number of nitrogens with zero attached hydrogens (tertiary/aromatic N) is 1. The minimum atomic E-state index is -1.35. The molecule has 0 unspecified atom stereocenters. The van der Waals surface area contributed by atoms with E-state index in [1.165, 1.54) is 0 Å². The highest BCUT2D eigenvalue weighted by molar-refractivity contribution is 6.06. The van der Waals surface area contributed by atoms with Crippen LogP contribution < -0.4 is 15.1 Å². The molecule has 0 atom stereocenters. The zero-order valence-corrected chi connectivity index (χ0v) is 16.9. The molecule has 1 amide bonds. The van der Waals surface area contributed by atoms with Gasteiger partial charge in [0.05, 0.1) is 7.11 Å². The number of carbonyl (C=O) groups is 2. The Kier molecular flexibility index (Phi) is 6.62. The van der Waals surface area contributed by atoms with Gasteiger partial charge in [-0.1, -0.05) is 30.3 Å². The molecule has 0 aliphatic rings. The quantitative estimate of drug-likeness (QED) is 0.536. The van der Waals surface area contributed by atoms with Crippen LogP contribution >= 0.6 is 0 Å². The summed E-state index contributed by atoms with van der Waals surface area (Å²) in [5.74, 6) is -7.30. The van der Waals surface area contributed by atoms with Crippen LogP contribution in [0.2, 0.25) is 0 Å². The van der Waals surface area contributed by atoms with Crippen LogP contribution in [0.1, 0.15) is 26.5 Å². The van der Waals surface area contributed by atoms with Crippen molar-refractivity contribution in [2.45, 2.75) is 6.61 Å². The van der Waals surface area contributed by atoms with E-state index in [0.29, 0.717) is 28.9 Å². The summed E-state index contributed by atoms with van der Waals surface area (Å²) in [6, 6.07) is 9.39. The van der Waals surface area contributed by atoms with Gasteiger partial charge in [-0.25, -0.2) is 18.0 Å². The summed E-state index contributed by atoms with van der Waals surface area (Å²) in [6.07, 6.45) is 0.655. The molecule has 1 heterocycles. The molecule has 0 saturated carbocycles. The van der Waals surface area contributed by atoms with Crippen molar-refractivity contribution in [3.63, 3.8) is 0 Å². The first-order valence-corrected chi connectivity index (χ1v) is 9.08. The van der Waals surface area contributed by atoms with E-state index < -0.39 is 57.5 Å². The molecule has 0 fully saturated rings. The minimum absolute atomic E-state index is 0.149. The van der Waals surface area contributed by atoms with E-state index >= 15 is 0 Å². The van der Waals surface area contributed by atoms with Crippen molar-refractivity contribution < 1.29 is 36.7 Å². The zero-order valence-electron chi connectivity index (χ0n) is 16.9. The van der Waals surface area contributed by atoms with Crippen LogP contribution in [0.25, 0.3) is 0 Å². The first-order chi connectivity index (χ1) is 15.2. The number of hydrogen-bond acceptors (Lipinski definition) is 6. The molecule has 166 valence electrons. The molecule has 1 aromatic heterocycles. The summed E-state index contributed by atoms with van der Waals surface area (Å²) in [7, 11) is 2.04. The van der Waals surface area contributed by atoms with Gasteiger partial charge in [0.1, 0.15) is 29.9 Å². The first kappa shape index (κ1) is 22.6. The van der Waals surface area contributed by atoms with Crippen molar-refractivity contribution in [2.24, 2.45) is 0 Å². The minimum Gasteiger partial charge on any atom is -0.481 e. The largest absolute Gasteiger partial charge is 0.481 e. The summed E-state index contributed by atoms with van der Waals surface area (Å²) >= 11 is 0. The Morgan fingerprint density at radius 2 is 1.69 bits per heavy atom. The maximum absolute atomic E-state index is 14.1. The van der Waals surface area contributed by atoms with Gasteiger partial charge in [0.25, 0.3) is 11.7 Å². The van der Waals surface area contributed by atoms with Crippen LogP contribution in [0.4, 0.5) is 18.9 Å². The zero-order chi connectivity index (χ0) is 23.4. The van der Waals surface area contributed by atoms with Crippen LogP contribution in [0.3, 0.4) is 0 Å². The molecule has 10 heteroatoms. The molecule has 2 aromatic carbocycles. The standard InChI is InChI=1S/C22H16F3NO6/c1-26(17-15(24)8-13(23)9-16(17)25)21(28)14-11-32-20(22(29)30-2)19(18(14)27)31-10-12-6-4-3-5-7-12/h3-9,11H,10H2,1-2H3. The average molecular weight is 447 g/mol. The van der Waals surface area contributed by atoms with Gasteiger partial charge in [-0.2, -0.15) is 0 Å². The van der Waals surface area contributed by atoms with E-state index in [4.69, 9.17) is 9.15 Å². The highest BCUT2D eigenvalue weighted by Crippen LogP contribution is 2.25. The predicted molar refractivity (Wildman–Crippen MR) is 106 cm³/mol. The van der Waals surface area contributed by atoms with Crippen LogP contribution in [0, 0.1) is 17.5 Å². The second-order valence-electron chi connectivity index (χ2n) is 6.48. The Bertz CT molecular complexity index is 1200. The number of hydrogen-bond donors (Lipinski definition) is 0. The molecule has 0 saturated heterocycles. The van der Waals surface area contributed by atoms with E-state index in [9.17, 15) is 27.6 Å². The molecule has 3 aromatic rings. The van der Waals surface area contributed by atoms with Crippen LogP contribution in [-0.2, 0) is 11.3 Å². The lowest BCUT2D eigenvalue weighted by Gasteiger charge is -2.19. The lowest BCUT2D eigenvalue weighted by molar-refractivity contribution is 0.0551. The van der Waals surface area contributed by atoms with Crippen LogP contribution in [0.5, 0.6) is 5.75 Å². The number of esters is 1. The van der Waals surface area contributed by atoms with Crippen molar-refractivity contribution in [3.8, 4) is 5.75 Å². The number of carbonyl (C=O) groups excluding carboxylic acids is 2. The van der Waals surface area contributed by atoms with Gasteiger partial charge in [-0.3, -0.25) is 9.59 Å². The fourth-order valence-corrected chi connectivity index (χ4v) is 2.83. The maximum Gasteiger partial charge on any atom is 0.378 e. The first-order valence-electron chi connectivity index (χ1n) is 9.08. The maximum atomic E-state index is 14.1. The highest BCUT2D eigenvalue weighted by Gasteiger charge is 2.29. The molecule has 7 nitrogen and oxygen atoms in total. The van der Waals surface area contributed by atoms with Crippen molar-refractivity contribution >= 4 is 17.6 Å². The third-order valence-electron chi connectivity index (χ3n) is 4.40. The number of ether oxygens (including phenoxy) is 2. The average Bonchev–Trinajstić information content (AvgIpc) is 2.77. The monoisotopic (exact) mass is 447 g/mol. The second-order valence-corrected chi connectivity index (χ2v) is 6.48. The second kappa shape index (κ2) is 9.38. The lowest BCUT2D eigenvalue weighted by Crippen LogP contribution is -2.33. The van der Waals surface area contributed by atoms with Crippen LogP contribution in [-0.4, -0.2) is 26.0 Å². The molecular weight excluding hydrogens is 431 g/mol. The van der Waals surface area contributed by atoms with Gasteiger partial charge in [-0.15, -0.1) is 0 Å². The van der Waals surface area contributed by atoms with Gasteiger partial charge < -0.3 is 18.8 Å². The van der Waals surface area contributed by atoms with Crippen molar-refractivity contribution in [1.29, 1.82) is 0 Å². The van der Waals surface area contributed by atoms with Crippen molar-refractivity contribution in [3.05, 3.63) is 93.3 Å². The molecule has 0 spiro atoms. The molecule has 0 radical (unpaired) electrons. The van der Waals surface area contributed by atoms with E-state index in [1.807, 2.05) is 0 Å². The summed E-state index contributed by atoms with van der Waals surface area (Å²) in [6.45, 7) is -0.149. The predicted octanol–water partition coefficient (Wildman–Crippen LogP) is 3.70. The van der Waals surface area contributed by atoms with E-state index in [1.54, 1.807) is 30.3 Å². The topological polar surface area (TPSA) is 86.0 Å². The van der Waals surface area contributed by atoms with E-state index in [2.05, 4.69) is 4.74 Å². The fourth-order valence-electron chi connectivity index (χ4n) is 2.83. The lowest BCUT2D eigenvalue weighted by atomic mass is 10.2. The molecular formula is C22H16F3NO6. The Balaban J connectivity index is 2.02. The van der Waals surface area contributed by atoms with Crippen molar-refractivity contribution in [1.82, 2.24) is 0 Å². The number of rotatable bonds is 6. The van der Waals surface area contributed by atoms with Gasteiger partial charge >= 0.3 is 5.97 Å². The van der Waals surface area contributed by atoms with Crippen LogP contribution in [0.15, 0.2) is 57.9 Å². The van der Waals surface area contributed by atoms with Gasteiger partial charge in [-0.05, 0) is 5.56 Å². The fraction of sp³-hybridized carbons (Fsp3) is 0.136. The molecule has 32 heavy (non-hydrogen) atoms. The SMILES string of the molecule is COC(=O)c1occ(C(=O)N(C)c2c(F)cc(F)cc2F)c(=O)c1OCc1ccccc1. The summed E-state index contributed by atoms with van der Waals surface area (Å²) in [5.41, 5.74) is -1.97. The Morgan fingerprint density at radius 1 is 1.06 bits per heavy atom. The summed E-state index contributed by atoms with van der Waals surface area (Å²) in [5, 5.41) is 0. The van der Waals surface area contributed by atoms with E-state index in [-0.39, 0.29) is 6.61 Å². The third kappa shape index (κ3) is 4.48. The normalized spacial score (nSPS) is 10.5. The van der Waals surface area contributed by atoms with Gasteiger partial charge in [0.15, 0.2) is 11.6 Å². The third-order valence-corrected chi connectivity index (χ3v) is 4.40. The molecule has 0 aliphatic carbocycles.